The normalized spacial score (nSPS) is 13.5. The molecule has 6 heteroatoms. The van der Waals surface area contributed by atoms with E-state index in [0.717, 1.165) is 16.7 Å². The Morgan fingerprint density at radius 3 is 1.79 bits per heavy atom. The van der Waals surface area contributed by atoms with Crippen molar-refractivity contribution in [3.05, 3.63) is 57.8 Å². The van der Waals surface area contributed by atoms with E-state index >= 15 is 0 Å². The standard InChI is InChI=1S/C22H34N2O3Si/c1-14-12-16(21(3,4)5)19(17(13-14)22(6,7)8)26-20(25)18(24-23)15(2)27-28(9,10)11/h12-13H,2H2,1,3-11H3/p+1/b20-18-. The van der Waals surface area contributed by atoms with Gasteiger partial charge in [0, 0.05) is 11.1 Å². The van der Waals surface area contributed by atoms with Crippen LogP contribution >= 0.6 is 0 Å². The highest BCUT2D eigenvalue weighted by Gasteiger charge is 2.34. The summed E-state index contributed by atoms with van der Waals surface area (Å²) >= 11 is 0. The van der Waals surface area contributed by atoms with Crippen LogP contribution in [-0.4, -0.2) is 13.4 Å². The first-order valence-electron chi connectivity index (χ1n) is 9.47. The molecule has 5 nitrogen and oxygen atoms in total. The minimum atomic E-state index is -2.00. The first-order chi connectivity index (χ1) is 12.5. The van der Waals surface area contributed by atoms with Gasteiger partial charge in [-0.25, -0.2) is 0 Å². The Bertz CT molecular complexity index is 794. The Balaban J connectivity index is 3.63. The highest BCUT2D eigenvalue weighted by atomic mass is 28.4. The maximum absolute atomic E-state index is 10.7. The first-order valence-corrected chi connectivity index (χ1v) is 12.9. The SMILES string of the molecule is C=C(O[Si](C)(C)C)/C([N+]#N)=C(\O)Oc1c(C(C)(C)C)cc(C)cc1C(C)(C)C. The second-order valence-corrected chi connectivity index (χ2v) is 14.6. The summed E-state index contributed by atoms with van der Waals surface area (Å²) in [7, 11) is -2.00. The topological polar surface area (TPSA) is 66.8 Å². The van der Waals surface area contributed by atoms with Crippen molar-refractivity contribution < 1.29 is 14.3 Å². The van der Waals surface area contributed by atoms with Crippen molar-refractivity contribution in [2.75, 3.05) is 0 Å². The van der Waals surface area contributed by atoms with E-state index in [0.29, 0.717) is 5.75 Å². The van der Waals surface area contributed by atoms with Gasteiger partial charge in [0.2, 0.25) is 19.5 Å². The van der Waals surface area contributed by atoms with Crippen molar-refractivity contribution in [2.24, 2.45) is 0 Å². The summed E-state index contributed by atoms with van der Waals surface area (Å²) in [6.45, 7) is 24.3. The molecule has 0 bridgehead atoms. The van der Waals surface area contributed by atoms with E-state index in [9.17, 15) is 10.5 Å². The van der Waals surface area contributed by atoms with Crippen LogP contribution in [0.2, 0.25) is 19.6 Å². The fourth-order valence-electron chi connectivity index (χ4n) is 2.78. The zero-order valence-corrected chi connectivity index (χ0v) is 20.0. The number of aliphatic hydroxyl groups excluding tert-OH is 1. The van der Waals surface area contributed by atoms with Gasteiger partial charge in [-0.3, -0.25) is 0 Å². The Morgan fingerprint density at radius 2 is 1.46 bits per heavy atom. The van der Waals surface area contributed by atoms with Crippen LogP contribution in [0.15, 0.2) is 36.1 Å². The molecular weight excluding hydrogens is 368 g/mol. The molecule has 0 amide bonds. The molecule has 0 saturated heterocycles. The molecule has 0 heterocycles. The lowest BCUT2D eigenvalue weighted by Gasteiger charge is -2.29. The molecule has 1 aromatic rings. The average Bonchev–Trinajstić information content (AvgIpc) is 2.45. The van der Waals surface area contributed by atoms with Gasteiger partial charge in [0.15, 0.2) is 4.98 Å². The maximum Gasteiger partial charge on any atom is 0.503 e. The molecule has 0 fully saturated rings. The van der Waals surface area contributed by atoms with Crippen LogP contribution in [0.4, 0.5) is 0 Å². The smallest absolute Gasteiger partial charge is 0.503 e. The van der Waals surface area contributed by atoms with E-state index in [-0.39, 0.29) is 22.3 Å². The summed E-state index contributed by atoms with van der Waals surface area (Å²) in [5.74, 6) is 0.108. The molecule has 0 aliphatic carbocycles. The highest BCUT2D eigenvalue weighted by Crippen LogP contribution is 2.41. The fraction of sp³-hybridized carbons (Fsp3) is 0.545. The molecule has 0 atom stereocenters. The molecule has 1 N–H and O–H groups in total. The minimum absolute atomic E-state index is 0.0842. The predicted molar refractivity (Wildman–Crippen MR) is 118 cm³/mol. The summed E-state index contributed by atoms with van der Waals surface area (Å²) in [6.07, 6.45) is 0. The van der Waals surface area contributed by atoms with E-state index in [1.165, 1.54) is 0 Å². The van der Waals surface area contributed by atoms with Gasteiger partial charge in [-0.1, -0.05) is 59.2 Å². The predicted octanol–water partition coefficient (Wildman–Crippen LogP) is 6.91. The Morgan fingerprint density at radius 1 is 1.04 bits per heavy atom. The summed E-state index contributed by atoms with van der Waals surface area (Å²) < 4.78 is 11.7. The van der Waals surface area contributed by atoms with Crippen molar-refractivity contribution in [1.29, 1.82) is 5.39 Å². The number of hydrogen-bond acceptors (Lipinski definition) is 4. The molecule has 0 saturated carbocycles. The second kappa shape index (κ2) is 8.00. The van der Waals surface area contributed by atoms with Gasteiger partial charge in [0.25, 0.3) is 0 Å². The lowest BCUT2D eigenvalue weighted by atomic mass is 9.78. The van der Waals surface area contributed by atoms with Crippen LogP contribution in [0.25, 0.3) is 4.98 Å². The molecule has 0 radical (unpaired) electrons. The molecule has 154 valence electrons. The van der Waals surface area contributed by atoms with Gasteiger partial charge >= 0.3 is 11.6 Å². The number of aliphatic hydroxyl groups is 1. The monoisotopic (exact) mass is 403 g/mol. The van der Waals surface area contributed by atoms with E-state index in [1.54, 1.807) is 0 Å². The number of aryl methyl sites for hydroxylation is 1. The van der Waals surface area contributed by atoms with Gasteiger partial charge < -0.3 is 14.3 Å². The third-order valence-corrected chi connectivity index (χ3v) is 4.90. The van der Waals surface area contributed by atoms with Crippen molar-refractivity contribution in [3.63, 3.8) is 0 Å². The fourth-order valence-corrected chi connectivity index (χ4v) is 3.61. The van der Waals surface area contributed by atoms with Crippen molar-refractivity contribution >= 4 is 8.32 Å². The van der Waals surface area contributed by atoms with E-state index in [4.69, 9.17) is 9.16 Å². The number of rotatable bonds is 5. The van der Waals surface area contributed by atoms with Crippen LogP contribution in [0.5, 0.6) is 5.75 Å². The van der Waals surface area contributed by atoms with E-state index in [1.807, 2.05) is 26.6 Å². The van der Waals surface area contributed by atoms with Crippen LogP contribution in [0, 0.1) is 12.3 Å². The molecule has 0 aliphatic rings. The maximum atomic E-state index is 10.7. The summed E-state index contributed by atoms with van der Waals surface area (Å²) in [4.78, 5) is 3.17. The summed E-state index contributed by atoms with van der Waals surface area (Å²) in [5.41, 5.74) is 2.39. The van der Waals surface area contributed by atoms with E-state index < -0.39 is 14.3 Å². The molecule has 0 unspecified atom stereocenters. The Kier molecular flexibility index (Phi) is 6.79. The molecule has 1 aromatic carbocycles. The number of hydrogen-bond donors (Lipinski definition) is 1. The molecule has 0 spiro atoms. The van der Waals surface area contributed by atoms with Crippen molar-refractivity contribution in [2.45, 2.75) is 78.9 Å². The molecule has 0 aliphatic heterocycles. The second-order valence-electron chi connectivity index (χ2n) is 10.2. The highest BCUT2D eigenvalue weighted by molar-refractivity contribution is 6.70. The number of diazo groups is 1. The van der Waals surface area contributed by atoms with Gasteiger partial charge in [-0.15, -0.1) is 0 Å². The number of benzene rings is 1. The lowest BCUT2D eigenvalue weighted by molar-refractivity contribution is 0.196. The lowest BCUT2D eigenvalue weighted by Crippen LogP contribution is -2.25. The number of ether oxygens (including phenoxy) is 1. The van der Waals surface area contributed by atoms with Gasteiger partial charge in [0.05, 0.1) is 0 Å². The van der Waals surface area contributed by atoms with Gasteiger partial charge in [0.1, 0.15) is 5.75 Å². The largest absolute Gasteiger partial charge is 0.539 e. The molecule has 28 heavy (non-hydrogen) atoms. The molecular formula is C22H35N2O3Si+. The Hall–Kier alpha value is -2.26. The Labute approximate surface area is 170 Å². The first kappa shape index (κ1) is 23.8. The van der Waals surface area contributed by atoms with Crippen LogP contribution in [0.3, 0.4) is 0 Å². The van der Waals surface area contributed by atoms with Crippen LogP contribution < -0.4 is 4.74 Å². The molecule has 0 aromatic heterocycles. The van der Waals surface area contributed by atoms with Crippen molar-refractivity contribution in [3.8, 4) is 5.75 Å². The van der Waals surface area contributed by atoms with Crippen molar-refractivity contribution in [1.82, 2.24) is 0 Å². The zero-order valence-electron chi connectivity index (χ0n) is 19.0. The quantitative estimate of drug-likeness (QED) is 0.251. The van der Waals surface area contributed by atoms with Crippen LogP contribution in [-0.2, 0) is 15.3 Å². The minimum Gasteiger partial charge on any atom is -0.539 e. The number of nitrogens with zero attached hydrogens (tertiary/aromatic N) is 2. The molecule has 1 rings (SSSR count). The van der Waals surface area contributed by atoms with Gasteiger partial charge in [-0.2, -0.15) is 0 Å². The summed E-state index contributed by atoms with van der Waals surface area (Å²) in [5, 5.41) is 20.1. The van der Waals surface area contributed by atoms with Gasteiger partial charge in [-0.05, 0) is 44.0 Å². The van der Waals surface area contributed by atoms with Crippen LogP contribution in [0.1, 0.15) is 58.2 Å². The zero-order chi connectivity index (χ0) is 22.1. The summed E-state index contributed by atoms with van der Waals surface area (Å²) in [6, 6.07) is 4.11. The third kappa shape index (κ3) is 6.13. The average molecular weight is 404 g/mol. The van der Waals surface area contributed by atoms with E-state index in [2.05, 4.69) is 65.2 Å². The third-order valence-electron chi connectivity index (χ3n) is 4.04.